The van der Waals surface area contributed by atoms with Crippen molar-refractivity contribution >= 4 is 17.9 Å². The summed E-state index contributed by atoms with van der Waals surface area (Å²) in [6.07, 6.45) is 5.55. The van der Waals surface area contributed by atoms with Crippen molar-refractivity contribution in [2.75, 3.05) is 0 Å². The van der Waals surface area contributed by atoms with Gasteiger partial charge >= 0.3 is 0 Å². The van der Waals surface area contributed by atoms with Gasteiger partial charge in [-0.05, 0) is 42.9 Å². The summed E-state index contributed by atoms with van der Waals surface area (Å²) in [5.74, 6) is 0.811. The molecule has 0 amide bonds. The van der Waals surface area contributed by atoms with E-state index in [-0.39, 0.29) is 5.92 Å². The number of carbonyl (C=O) groups is 1. The van der Waals surface area contributed by atoms with E-state index in [0.717, 1.165) is 30.6 Å². The van der Waals surface area contributed by atoms with Gasteiger partial charge in [-0.15, -0.1) is 0 Å². The van der Waals surface area contributed by atoms with Crippen molar-refractivity contribution in [1.29, 1.82) is 0 Å². The molecule has 1 aromatic carbocycles. The maximum atomic E-state index is 10.8. The summed E-state index contributed by atoms with van der Waals surface area (Å²) in [4.78, 5) is 10.8. The lowest BCUT2D eigenvalue weighted by molar-refractivity contribution is -0.112. The van der Waals surface area contributed by atoms with Gasteiger partial charge in [0.05, 0.1) is 0 Å². The van der Waals surface area contributed by atoms with Crippen molar-refractivity contribution in [3.63, 3.8) is 0 Å². The Morgan fingerprint density at radius 1 is 1.20 bits per heavy atom. The topological polar surface area (TPSA) is 17.1 Å². The van der Waals surface area contributed by atoms with Crippen LogP contribution in [0.1, 0.15) is 37.2 Å². The average molecular weight is 223 g/mol. The van der Waals surface area contributed by atoms with E-state index in [1.165, 1.54) is 12.0 Å². The first-order valence-corrected chi connectivity index (χ1v) is 5.88. The Hall–Kier alpha value is -0.820. The Labute approximate surface area is 95.4 Å². The molecule has 1 saturated carbocycles. The molecule has 1 aliphatic rings. The minimum atomic E-state index is 0.263. The van der Waals surface area contributed by atoms with Gasteiger partial charge in [0, 0.05) is 10.9 Å². The number of hydrogen-bond donors (Lipinski definition) is 0. The molecule has 0 radical (unpaired) electrons. The molecule has 2 atom stereocenters. The summed E-state index contributed by atoms with van der Waals surface area (Å²) in [6, 6.07) is 8.03. The number of benzene rings is 1. The molecule has 1 fully saturated rings. The molecule has 1 aliphatic carbocycles. The van der Waals surface area contributed by atoms with Crippen molar-refractivity contribution in [2.24, 2.45) is 5.92 Å². The molecular formula is C13H15ClO. The highest BCUT2D eigenvalue weighted by Crippen LogP contribution is 2.35. The van der Waals surface area contributed by atoms with E-state index < -0.39 is 0 Å². The third kappa shape index (κ3) is 2.60. The number of hydrogen-bond acceptors (Lipinski definition) is 1. The van der Waals surface area contributed by atoms with Crippen LogP contribution in [0.2, 0.25) is 5.02 Å². The zero-order valence-corrected chi connectivity index (χ0v) is 9.41. The van der Waals surface area contributed by atoms with Gasteiger partial charge < -0.3 is 4.79 Å². The Bertz CT molecular complexity index is 331. The van der Waals surface area contributed by atoms with E-state index >= 15 is 0 Å². The summed E-state index contributed by atoms with van der Waals surface area (Å²) < 4.78 is 0. The zero-order chi connectivity index (χ0) is 10.7. The molecule has 0 spiro atoms. The standard InChI is InChI=1S/C13H15ClO/c14-13-6-4-11(5-7-13)12-3-1-2-10(8-12)9-15/h4-7,9-10,12H,1-3,8H2. The molecule has 1 nitrogen and oxygen atoms in total. The maximum Gasteiger partial charge on any atom is 0.123 e. The molecular weight excluding hydrogens is 208 g/mol. The second-order valence-corrected chi connectivity index (χ2v) is 4.75. The highest BCUT2D eigenvalue weighted by molar-refractivity contribution is 6.30. The maximum absolute atomic E-state index is 10.8. The fourth-order valence-electron chi connectivity index (χ4n) is 2.39. The largest absolute Gasteiger partial charge is 0.303 e. The molecule has 0 heterocycles. The number of halogens is 1. The van der Waals surface area contributed by atoms with E-state index in [9.17, 15) is 4.79 Å². The van der Waals surface area contributed by atoms with E-state index in [1.54, 1.807) is 0 Å². The molecule has 2 unspecified atom stereocenters. The first-order chi connectivity index (χ1) is 7.29. The third-order valence-electron chi connectivity index (χ3n) is 3.25. The lowest BCUT2D eigenvalue weighted by atomic mass is 9.79. The van der Waals surface area contributed by atoms with Crippen molar-refractivity contribution in [1.82, 2.24) is 0 Å². The Kier molecular flexibility index (Phi) is 3.42. The van der Waals surface area contributed by atoms with Crippen LogP contribution in [0.3, 0.4) is 0 Å². The van der Waals surface area contributed by atoms with E-state index in [2.05, 4.69) is 12.1 Å². The van der Waals surface area contributed by atoms with Crippen LogP contribution in [0.25, 0.3) is 0 Å². The lowest BCUT2D eigenvalue weighted by Crippen LogP contribution is -2.15. The summed E-state index contributed by atoms with van der Waals surface area (Å²) in [7, 11) is 0. The molecule has 80 valence electrons. The fraction of sp³-hybridized carbons (Fsp3) is 0.462. The van der Waals surface area contributed by atoms with E-state index in [1.807, 2.05) is 12.1 Å². The second-order valence-electron chi connectivity index (χ2n) is 4.31. The first kappa shape index (κ1) is 10.7. The molecule has 0 aromatic heterocycles. The first-order valence-electron chi connectivity index (χ1n) is 5.50. The highest BCUT2D eigenvalue weighted by atomic mass is 35.5. The summed E-state index contributed by atoms with van der Waals surface area (Å²) >= 11 is 5.85. The van der Waals surface area contributed by atoms with Crippen LogP contribution in [0.5, 0.6) is 0 Å². The smallest absolute Gasteiger partial charge is 0.123 e. The lowest BCUT2D eigenvalue weighted by Gasteiger charge is -2.26. The van der Waals surface area contributed by atoms with Crippen molar-refractivity contribution in [3.05, 3.63) is 34.9 Å². The quantitative estimate of drug-likeness (QED) is 0.696. The van der Waals surface area contributed by atoms with Crippen LogP contribution >= 0.6 is 11.6 Å². The van der Waals surface area contributed by atoms with Gasteiger partial charge in [0.2, 0.25) is 0 Å². The predicted octanol–water partition coefficient (Wildman–Crippen LogP) is 3.81. The van der Waals surface area contributed by atoms with E-state index in [4.69, 9.17) is 11.6 Å². The molecule has 0 saturated heterocycles. The number of aldehydes is 1. The van der Waals surface area contributed by atoms with Gasteiger partial charge in [-0.3, -0.25) is 0 Å². The minimum absolute atomic E-state index is 0.263. The van der Waals surface area contributed by atoms with Gasteiger partial charge in [-0.1, -0.05) is 30.2 Å². The summed E-state index contributed by atoms with van der Waals surface area (Å²) in [5, 5.41) is 0.779. The second kappa shape index (κ2) is 4.80. The van der Waals surface area contributed by atoms with Crippen molar-refractivity contribution in [3.8, 4) is 0 Å². The van der Waals surface area contributed by atoms with Gasteiger partial charge in [0.25, 0.3) is 0 Å². The molecule has 2 heteroatoms. The SMILES string of the molecule is O=CC1CCCC(c2ccc(Cl)cc2)C1. The van der Waals surface area contributed by atoms with Crippen LogP contribution in [0.15, 0.2) is 24.3 Å². The average Bonchev–Trinajstić information content (AvgIpc) is 2.30. The van der Waals surface area contributed by atoms with Crippen molar-refractivity contribution in [2.45, 2.75) is 31.6 Å². The third-order valence-corrected chi connectivity index (χ3v) is 3.50. The van der Waals surface area contributed by atoms with Crippen molar-refractivity contribution < 1.29 is 4.79 Å². The number of rotatable bonds is 2. The molecule has 2 rings (SSSR count). The predicted molar refractivity (Wildman–Crippen MR) is 62.2 cm³/mol. The molecule has 0 aliphatic heterocycles. The van der Waals surface area contributed by atoms with Gasteiger partial charge in [0.15, 0.2) is 0 Å². The van der Waals surface area contributed by atoms with Crippen LogP contribution in [-0.2, 0) is 4.79 Å². The van der Waals surface area contributed by atoms with Crippen LogP contribution in [-0.4, -0.2) is 6.29 Å². The zero-order valence-electron chi connectivity index (χ0n) is 8.66. The Morgan fingerprint density at radius 2 is 1.93 bits per heavy atom. The summed E-state index contributed by atoms with van der Waals surface area (Å²) in [5.41, 5.74) is 1.32. The molecule has 1 aromatic rings. The van der Waals surface area contributed by atoms with Crippen LogP contribution < -0.4 is 0 Å². The van der Waals surface area contributed by atoms with Crippen LogP contribution in [0, 0.1) is 5.92 Å². The molecule has 15 heavy (non-hydrogen) atoms. The fourth-order valence-corrected chi connectivity index (χ4v) is 2.51. The normalized spacial score (nSPS) is 26.2. The van der Waals surface area contributed by atoms with Crippen LogP contribution in [0.4, 0.5) is 0 Å². The molecule has 0 N–H and O–H groups in total. The monoisotopic (exact) mass is 222 g/mol. The van der Waals surface area contributed by atoms with E-state index in [0.29, 0.717) is 5.92 Å². The van der Waals surface area contributed by atoms with Gasteiger partial charge in [0.1, 0.15) is 6.29 Å². The van der Waals surface area contributed by atoms with Gasteiger partial charge in [-0.2, -0.15) is 0 Å². The number of carbonyl (C=O) groups excluding carboxylic acids is 1. The minimum Gasteiger partial charge on any atom is -0.303 e. The Morgan fingerprint density at radius 3 is 2.60 bits per heavy atom. The van der Waals surface area contributed by atoms with Gasteiger partial charge in [-0.25, -0.2) is 0 Å². The Balaban J connectivity index is 2.09. The molecule has 0 bridgehead atoms. The summed E-state index contributed by atoms with van der Waals surface area (Å²) in [6.45, 7) is 0. The highest BCUT2D eigenvalue weighted by Gasteiger charge is 2.22.